The molecule has 11 heteroatoms. The first-order chi connectivity index (χ1) is 18.9. The van der Waals surface area contributed by atoms with Crippen LogP contribution in [0.25, 0.3) is 10.9 Å². The normalized spacial score (nSPS) is 23.6. The quantitative estimate of drug-likeness (QED) is 0.404. The second-order valence-corrected chi connectivity index (χ2v) is 13.9. The minimum Gasteiger partial charge on any atom is -0.389 e. The van der Waals surface area contributed by atoms with Gasteiger partial charge in [-0.2, -0.15) is 0 Å². The van der Waals surface area contributed by atoms with E-state index in [-0.39, 0.29) is 12.0 Å². The lowest BCUT2D eigenvalue weighted by Crippen LogP contribution is -2.52. The average Bonchev–Trinajstić information content (AvgIpc) is 3.53. The van der Waals surface area contributed by atoms with E-state index < -0.39 is 57.8 Å². The first-order valence-corrected chi connectivity index (χ1v) is 15.2. The van der Waals surface area contributed by atoms with Gasteiger partial charge in [0.05, 0.1) is 29.9 Å². The van der Waals surface area contributed by atoms with Crippen LogP contribution < -0.4 is 14.9 Å². The van der Waals surface area contributed by atoms with Crippen LogP contribution in [0.3, 0.4) is 0 Å². The molecule has 214 valence electrons. The molecule has 2 aromatic carbocycles. The number of aryl methyl sites for hydroxylation is 1. The minimum atomic E-state index is -3.65. The third kappa shape index (κ3) is 4.48. The third-order valence-electron chi connectivity index (χ3n) is 8.77. The molecule has 3 aromatic rings. The van der Waals surface area contributed by atoms with E-state index >= 15 is 0 Å². The van der Waals surface area contributed by atoms with Crippen molar-refractivity contribution in [2.45, 2.75) is 74.4 Å². The number of aliphatic hydroxyl groups excluding tert-OH is 1. The highest BCUT2D eigenvalue weighted by atomic mass is 32.2. The Hall–Kier alpha value is -3.02. The van der Waals surface area contributed by atoms with Crippen molar-refractivity contribution in [2.24, 2.45) is 0 Å². The monoisotopic (exact) mass is 572 g/mol. The summed E-state index contributed by atoms with van der Waals surface area (Å²) in [6.07, 6.45) is 2.31. The van der Waals surface area contributed by atoms with Crippen LogP contribution in [0.2, 0.25) is 0 Å². The molecule has 3 heterocycles. The van der Waals surface area contributed by atoms with Gasteiger partial charge in [-0.25, -0.2) is 17.2 Å². The molecule has 3 aliphatic rings. The molecule has 1 aliphatic carbocycles. The summed E-state index contributed by atoms with van der Waals surface area (Å²) < 4.78 is 57.5. The number of aliphatic hydroxyl groups is 1. The van der Waals surface area contributed by atoms with Crippen molar-refractivity contribution in [3.8, 4) is 0 Å². The number of amides is 1. The highest BCUT2D eigenvalue weighted by molar-refractivity contribution is 7.94. The summed E-state index contributed by atoms with van der Waals surface area (Å²) >= 11 is 0. The highest BCUT2D eigenvalue weighted by Crippen LogP contribution is 2.51. The third-order valence-corrected chi connectivity index (χ3v) is 11.3. The maximum Gasteiger partial charge on any atom is 0.261 e. The molecule has 3 atom stereocenters. The van der Waals surface area contributed by atoms with Crippen LogP contribution in [0.1, 0.15) is 47.7 Å². The topological polar surface area (TPSA) is 104 Å². The van der Waals surface area contributed by atoms with Gasteiger partial charge >= 0.3 is 0 Å². The summed E-state index contributed by atoms with van der Waals surface area (Å²) in [5.41, 5.74) is 3.31. The van der Waals surface area contributed by atoms with Crippen molar-refractivity contribution in [3.05, 3.63) is 65.4 Å². The Balaban J connectivity index is 1.37. The van der Waals surface area contributed by atoms with Gasteiger partial charge in [0.1, 0.15) is 4.75 Å². The smallest absolute Gasteiger partial charge is 0.261 e. The predicted octanol–water partition coefficient (Wildman–Crippen LogP) is 3.22. The number of sulfonamides is 1. The van der Waals surface area contributed by atoms with Gasteiger partial charge in [-0.15, -0.1) is 0 Å². The number of carbonyl (C=O) groups excluding carboxylic acids is 1. The van der Waals surface area contributed by atoms with E-state index in [1.165, 1.54) is 11.4 Å². The lowest BCUT2D eigenvalue weighted by molar-refractivity contribution is 0.0112. The molecule has 2 fully saturated rings. The van der Waals surface area contributed by atoms with Gasteiger partial charge in [-0.1, -0.05) is 37.3 Å². The van der Waals surface area contributed by atoms with E-state index in [4.69, 9.17) is 0 Å². The van der Waals surface area contributed by atoms with Gasteiger partial charge < -0.3 is 20.3 Å². The summed E-state index contributed by atoms with van der Waals surface area (Å²) in [7, 11) is -2.11. The Labute approximate surface area is 232 Å². The first kappa shape index (κ1) is 27.2. The molecule has 40 heavy (non-hydrogen) atoms. The number of hydrogen-bond donors (Lipinski definition) is 3. The van der Waals surface area contributed by atoms with Crippen LogP contribution in [0, 0.1) is 0 Å². The molecule has 0 unspecified atom stereocenters. The lowest BCUT2D eigenvalue weighted by atomic mass is 9.94. The number of rotatable bonds is 7. The summed E-state index contributed by atoms with van der Waals surface area (Å²) in [5, 5.41) is 17.6. The van der Waals surface area contributed by atoms with Gasteiger partial charge in [0, 0.05) is 43.2 Å². The average molecular weight is 573 g/mol. The molecule has 0 bridgehead atoms. The van der Waals surface area contributed by atoms with Crippen molar-refractivity contribution >= 4 is 32.5 Å². The van der Waals surface area contributed by atoms with Crippen molar-refractivity contribution in [1.82, 2.24) is 15.2 Å². The molecule has 1 saturated heterocycles. The molecule has 1 amide bonds. The number of nitrogens with zero attached hydrogens (tertiary/aromatic N) is 2. The summed E-state index contributed by atoms with van der Waals surface area (Å²) in [6.45, 7) is 1.86. The zero-order valence-corrected chi connectivity index (χ0v) is 23.3. The van der Waals surface area contributed by atoms with Crippen LogP contribution in [0.4, 0.5) is 14.5 Å². The number of carbonyl (C=O) groups is 1. The second kappa shape index (κ2) is 9.53. The Morgan fingerprint density at radius 1 is 1.23 bits per heavy atom. The lowest BCUT2D eigenvalue weighted by Gasteiger charge is -2.29. The van der Waals surface area contributed by atoms with Gasteiger partial charge in [0.15, 0.2) is 0 Å². The zero-order chi connectivity index (χ0) is 28.4. The van der Waals surface area contributed by atoms with Gasteiger partial charge in [-0.3, -0.25) is 9.10 Å². The van der Waals surface area contributed by atoms with Crippen molar-refractivity contribution < 1.29 is 27.1 Å². The van der Waals surface area contributed by atoms with Crippen molar-refractivity contribution in [1.29, 1.82) is 0 Å². The van der Waals surface area contributed by atoms with E-state index in [1.54, 1.807) is 12.1 Å². The minimum absolute atomic E-state index is 0.236. The number of anilines is 1. The zero-order valence-electron chi connectivity index (χ0n) is 22.5. The van der Waals surface area contributed by atoms with Crippen LogP contribution in [0.5, 0.6) is 0 Å². The molecular weight excluding hydrogens is 538 g/mol. The molecule has 0 radical (unpaired) electrons. The number of benzene rings is 2. The fraction of sp³-hybridized carbons (Fsp3) is 0.483. The standard InChI is InChI=1S/C29H34F2N4O4S/c1-3-19-15-35-17-28(9-10-28)40(38,39)34(2)24-13-20(12-21(19)25(24)35)27(37)33-22(11-18-7-5-4-6-8-18)26(36)23-14-29(30,31)16-32-23/h4-8,12-13,15,22-23,26,32,36H,3,9-11,14,16-17H2,1-2H3,(H,33,37)/t22-,23+,26-/m0/s1. The first-order valence-electron chi connectivity index (χ1n) is 13.7. The SMILES string of the molecule is CCc1cn2c3c(cc(C(=O)N[C@@H](Cc4ccccc4)[C@H](O)[C@H]4CC(F)(F)CN4)cc13)N(C)S(=O)(=O)C1(CC1)C2. The largest absolute Gasteiger partial charge is 0.389 e. The molecular formula is C29H34F2N4O4S. The molecule has 3 N–H and O–H groups in total. The van der Waals surface area contributed by atoms with Crippen LogP contribution in [-0.4, -0.2) is 66.4 Å². The van der Waals surface area contributed by atoms with E-state index in [2.05, 4.69) is 10.6 Å². The number of nitrogens with one attached hydrogen (secondary N) is 2. The van der Waals surface area contributed by atoms with Crippen molar-refractivity contribution in [2.75, 3.05) is 17.9 Å². The Morgan fingerprint density at radius 2 is 1.95 bits per heavy atom. The molecule has 2 aliphatic heterocycles. The van der Waals surface area contributed by atoms with Gasteiger partial charge in [-0.05, 0) is 48.9 Å². The number of hydrogen-bond acceptors (Lipinski definition) is 5. The second-order valence-electron chi connectivity index (χ2n) is 11.5. The maximum absolute atomic E-state index is 14.0. The Morgan fingerprint density at radius 3 is 2.58 bits per heavy atom. The van der Waals surface area contributed by atoms with Crippen LogP contribution in [-0.2, 0) is 29.4 Å². The number of halogens is 2. The molecule has 8 nitrogen and oxygen atoms in total. The number of aromatic nitrogens is 1. The van der Waals surface area contributed by atoms with E-state index in [9.17, 15) is 27.1 Å². The summed E-state index contributed by atoms with van der Waals surface area (Å²) in [6, 6.07) is 10.8. The molecule has 1 spiro atoms. The summed E-state index contributed by atoms with van der Waals surface area (Å²) in [4.78, 5) is 13.8. The molecule has 1 saturated carbocycles. The molecule has 1 aromatic heterocycles. The summed E-state index contributed by atoms with van der Waals surface area (Å²) in [5.74, 6) is -3.44. The Bertz CT molecular complexity index is 1570. The van der Waals surface area contributed by atoms with E-state index in [0.717, 1.165) is 22.0 Å². The van der Waals surface area contributed by atoms with Crippen LogP contribution in [0.15, 0.2) is 48.7 Å². The highest BCUT2D eigenvalue weighted by Gasteiger charge is 2.58. The van der Waals surface area contributed by atoms with Gasteiger partial charge in [0.2, 0.25) is 10.0 Å². The fourth-order valence-electron chi connectivity index (χ4n) is 6.28. The number of alkyl halides is 2. The van der Waals surface area contributed by atoms with Gasteiger partial charge in [0.25, 0.3) is 11.8 Å². The van der Waals surface area contributed by atoms with E-state index in [1.807, 2.05) is 48.0 Å². The fourth-order valence-corrected chi connectivity index (χ4v) is 8.18. The Kier molecular flexibility index (Phi) is 6.47. The maximum atomic E-state index is 14.0. The van der Waals surface area contributed by atoms with Crippen molar-refractivity contribution in [3.63, 3.8) is 0 Å². The predicted molar refractivity (Wildman–Crippen MR) is 149 cm³/mol. The van der Waals surface area contributed by atoms with E-state index in [0.29, 0.717) is 31.5 Å². The molecule has 6 rings (SSSR count). The van der Waals surface area contributed by atoms with Crippen LogP contribution >= 0.6 is 0 Å².